The molecule has 0 saturated carbocycles. The van der Waals surface area contributed by atoms with Crippen LogP contribution >= 0.6 is 0 Å². The quantitative estimate of drug-likeness (QED) is 0.795. The molecule has 0 aromatic carbocycles. The molecule has 0 fully saturated rings. The van der Waals surface area contributed by atoms with Gasteiger partial charge in [-0.05, 0) is 17.3 Å². The fourth-order valence-corrected chi connectivity index (χ4v) is 1.52. The molecule has 0 aliphatic carbocycles. The lowest BCUT2D eigenvalue weighted by molar-refractivity contribution is 0.170. The minimum Gasteiger partial charge on any atom is -0.481 e. The zero-order chi connectivity index (χ0) is 12.3. The average Bonchev–Trinajstić information content (AvgIpc) is 2.74. The molecule has 1 unspecified atom stereocenters. The molecular weight excluding hydrogens is 222 g/mol. The summed E-state index contributed by atoms with van der Waals surface area (Å²) in [6.07, 6.45) is 1.12. The monoisotopic (exact) mass is 235 g/mol. The third-order valence-corrected chi connectivity index (χ3v) is 2.28. The van der Waals surface area contributed by atoms with E-state index in [1.807, 2.05) is 0 Å². The van der Waals surface area contributed by atoms with Crippen LogP contribution in [0.15, 0.2) is 18.3 Å². The summed E-state index contributed by atoms with van der Waals surface area (Å²) in [5.74, 6) is 0.884. The zero-order valence-corrected chi connectivity index (χ0v) is 9.61. The van der Waals surface area contributed by atoms with Gasteiger partial charge in [0.05, 0.1) is 20.3 Å². The maximum absolute atomic E-state index is 10.1. The van der Waals surface area contributed by atoms with Gasteiger partial charge in [-0.15, -0.1) is 10.2 Å². The Hall–Kier alpha value is -2.02. The van der Waals surface area contributed by atoms with E-state index >= 15 is 0 Å². The van der Waals surface area contributed by atoms with Crippen LogP contribution in [0.25, 0.3) is 0 Å². The summed E-state index contributed by atoms with van der Waals surface area (Å²) in [6.45, 7) is 0. The minimum atomic E-state index is -0.761. The van der Waals surface area contributed by atoms with Crippen molar-refractivity contribution in [3.8, 4) is 5.88 Å². The van der Waals surface area contributed by atoms with Gasteiger partial charge in [0.2, 0.25) is 5.88 Å². The van der Waals surface area contributed by atoms with Gasteiger partial charge < -0.3 is 9.84 Å². The van der Waals surface area contributed by atoms with E-state index in [0.717, 1.165) is 0 Å². The van der Waals surface area contributed by atoms with Crippen LogP contribution in [0.1, 0.15) is 17.5 Å². The van der Waals surface area contributed by atoms with E-state index in [4.69, 9.17) is 4.74 Å². The summed E-state index contributed by atoms with van der Waals surface area (Å²) in [5.41, 5.74) is 0.613. The van der Waals surface area contributed by atoms with Crippen LogP contribution in [-0.4, -0.2) is 37.4 Å². The molecule has 1 atom stereocenters. The third kappa shape index (κ3) is 2.56. The molecule has 2 aromatic heterocycles. The number of tetrazole rings is 1. The maximum atomic E-state index is 10.1. The van der Waals surface area contributed by atoms with Crippen molar-refractivity contribution in [3.63, 3.8) is 0 Å². The first-order valence-corrected chi connectivity index (χ1v) is 5.10. The van der Waals surface area contributed by atoms with Gasteiger partial charge >= 0.3 is 0 Å². The number of ether oxygens (including phenoxy) is 1. The fraction of sp³-hybridized carbons (Fsp3) is 0.400. The van der Waals surface area contributed by atoms with Crippen molar-refractivity contribution >= 4 is 0 Å². The van der Waals surface area contributed by atoms with Crippen LogP contribution in [0.4, 0.5) is 0 Å². The van der Waals surface area contributed by atoms with E-state index in [0.29, 0.717) is 17.3 Å². The van der Waals surface area contributed by atoms with Gasteiger partial charge in [-0.3, -0.25) is 0 Å². The predicted molar refractivity (Wildman–Crippen MR) is 58.3 cm³/mol. The summed E-state index contributed by atoms with van der Waals surface area (Å²) < 4.78 is 5.08. The van der Waals surface area contributed by atoms with E-state index in [1.165, 1.54) is 11.9 Å². The molecule has 2 rings (SSSR count). The number of rotatable bonds is 4. The molecule has 7 heteroatoms. The van der Waals surface area contributed by atoms with Crippen molar-refractivity contribution in [2.24, 2.45) is 7.05 Å². The van der Waals surface area contributed by atoms with Crippen LogP contribution in [0, 0.1) is 0 Å². The van der Waals surface area contributed by atoms with Gasteiger partial charge in [-0.2, -0.15) is 4.80 Å². The third-order valence-electron chi connectivity index (χ3n) is 2.28. The summed E-state index contributed by atoms with van der Waals surface area (Å²) in [7, 11) is 3.19. The van der Waals surface area contributed by atoms with Crippen LogP contribution in [0.5, 0.6) is 5.88 Å². The molecule has 0 spiro atoms. The predicted octanol–water partition coefficient (Wildman–Crippen LogP) is -0.110. The molecule has 7 nitrogen and oxygen atoms in total. The van der Waals surface area contributed by atoms with Crippen LogP contribution in [0.2, 0.25) is 0 Å². The second-order valence-electron chi connectivity index (χ2n) is 3.52. The largest absolute Gasteiger partial charge is 0.481 e. The normalized spacial score (nSPS) is 12.4. The Balaban J connectivity index is 2.16. The fourth-order valence-electron chi connectivity index (χ4n) is 1.52. The SMILES string of the molecule is COc1ncccc1C(O)Cc1nnn(C)n1. The number of methoxy groups -OCH3 is 1. The Kier molecular flexibility index (Phi) is 3.29. The van der Waals surface area contributed by atoms with Gasteiger partial charge in [-0.1, -0.05) is 0 Å². The molecule has 0 radical (unpaired) electrons. The summed E-state index contributed by atoms with van der Waals surface area (Å²) in [6, 6.07) is 3.50. The summed E-state index contributed by atoms with van der Waals surface area (Å²) in [5, 5.41) is 21.6. The molecule has 0 aliphatic rings. The van der Waals surface area contributed by atoms with E-state index in [2.05, 4.69) is 20.4 Å². The average molecular weight is 235 g/mol. The Morgan fingerprint density at radius 3 is 3.00 bits per heavy atom. The Morgan fingerprint density at radius 1 is 1.53 bits per heavy atom. The smallest absolute Gasteiger partial charge is 0.218 e. The number of aryl methyl sites for hydroxylation is 1. The number of pyridine rings is 1. The van der Waals surface area contributed by atoms with Crippen LogP contribution < -0.4 is 4.74 Å². The van der Waals surface area contributed by atoms with Gasteiger partial charge in [0.15, 0.2) is 5.82 Å². The van der Waals surface area contributed by atoms with E-state index in [1.54, 1.807) is 25.4 Å². The highest BCUT2D eigenvalue weighted by Crippen LogP contribution is 2.23. The van der Waals surface area contributed by atoms with Crippen molar-refractivity contribution in [3.05, 3.63) is 29.7 Å². The molecule has 0 aliphatic heterocycles. The Bertz CT molecular complexity index is 499. The first-order valence-electron chi connectivity index (χ1n) is 5.10. The summed E-state index contributed by atoms with van der Waals surface area (Å²) >= 11 is 0. The first kappa shape index (κ1) is 11.5. The Morgan fingerprint density at radius 2 is 2.35 bits per heavy atom. The highest BCUT2D eigenvalue weighted by Gasteiger charge is 2.16. The molecule has 1 N–H and O–H groups in total. The molecule has 0 bridgehead atoms. The van der Waals surface area contributed by atoms with Gasteiger partial charge in [-0.25, -0.2) is 4.98 Å². The van der Waals surface area contributed by atoms with Crippen molar-refractivity contribution in [2.45, 2.75) is 12.5 Å². The van der Waals surface area contributed by atoms with Crippen molar-refractivity contribution in [1.29, 1.82) is 0 Å². The molecule has 2 heterocycles. The van der Waals surface area contributed by atoms with E-state index < -0.39 is 6.10 Å². The van der Waals surface area contributed by atoms with Crippen LogP contribution in [-0.2, 0) is 13.5 Å². The number of aromatic nitrogens is 5. The topological polar surface area (TPSA) is 86.0 Å². The van der Waals surface area contributed by atoms with E-state index in [-0.39, 0.29) is 6.42 Å². The van der Waals surface area contributed by atoms with Crippen molar-refractivity contribution < 1.29 is 9.84 Å². The number of hydrogen-bond acceptors (Lipinski definition) is 6. The minimum absolute atomic E-state index is 0.274. The molecule has 90 valence electrons. The first-order chi connectivity index (χ1) is 8.20. The lowest BCUT2D eigenvalue weighted by Crippen LogP contribution is -2.06. The molecular formula is C10H13N5O2. The molecule has 2 aromatic rings. The number of aliphatic hydroxyl groups is 1. The molecule has 17 heavy (non-hydrogen) atoms. The lowest BCUT2D eigenvalue weighted by atomic mass is 10.1. The van der Waals surface area contributed by atoms with Gasteiger partial charge in [0.25, 0.3) is 0 Å². The second kappa shape index (κ2) is 4.88. The highest BCUT2D eigenvalue weighted by atomic mass is 16.5. The molecule has 0 saturated heterocycles. The molecule has 0 amide bonds. The van der Waals surface area contributed by atoms with E-state index in [9.17, 15) is 5.11 Å². The standard InChI is InChI=1S/C10H13N5O2/c1-15-13-9(12-14-15)6-8(16)7-4-3-5-11-10(7)17-2/h3-5,8,16H,6H2,1-2H3. The van der Waals surface area contributed by atoms with Gasteiger partial charge in [0.1, 0.15) is 0 Å². The number of aliphatic hydroxyl groups excluding tert-OH is 1. The maximum Gasteiger partial charge on any atom is 0.218 e. The highest BCUT2D eigenvalue weighted by molar-refractivity contribution is 5.28. The van der Waals surface area contributed by atoms with Gasteiger partial charge in [0, 0.05) is 18.2 Å². The van der Waals surface area contributed by atoms with Crippen molar-refractivity contribution in [2.75, 3.05) is 7.11 Å². The number of nitrogens with zero attached hydrogens (tertiary/aromatic N) is 5. The van der Waals surface area contributed by atoms with Crippen molar-refractivity contribution in [1.82, 2.24) is 25.2 Å². The summed E-state index contributed by atoms with van der Waals surface area (Å²) in [4.78, 5) is 5.37. The zero-order valence-electron chi connectivity index (χ0n) is 9.61. The lowest BCUT2D eigenvalue weighted by Gasteiger charge is -2.11. The number of hydrogen-bond donors (Lipinski definition) is 1. The Labute approximate surface area is 98.1 Å². The van der Waals surface area contributed by atoms with Crippen LogP contribution in [0.3, 0.4) is 0 Å². The second-order valence-corrected chi connectivity index (χ2v) is 3.52.